The summed E-state index contributed by atoms with van der Waals surface area (Å²) in [5.41, 5.74) is 0. The van der Waals surface area contributed by atoms with E-state index in [0.717, 1.165) is 25.7 Å². The third kappa shape index (κ3) is 5.20. The van der Waals surface area contributed by atoms with Gasteiger partial charge in [0, 0.05) is 0 Å². The minimum atomic E-state index is -1.42. The van der Waals surface area contributed by atoms with Gasteiger partial charge in [-0.1, -0.05) is 49.9 Å². The number of rotatable bonds is 12. The Hall–Kier alpha value is 0.380. The first-order valence-electron chi connectivity index (χ1n) is 7.63. The Kier molecular flexibility index (Phi) is 6.56. The van der Waals surface area contributed by atoms with Crippen molar-refractivity contribution in [3.63, 3.8) is 0 Å². The number of hydrogen-bond acceptors (Lipinski definition) is 5. The lowest BCUT2D eigenvalue weighted by Gasteiger charge is -2.34. The lowest BCUT2D eigenvalue weighted by molar-refractivity contribution is -0.301. The molecule has 2 heterocycles. The van der Waals surface area contributed by atoms with Crippen LogP contribution in [0.5, 0.6) is 0 Å². The summed E-state index contributed by atoms with van der Waals surface area (Å²) in [5, 5.41) is -2.84. The molecule has 0 aromatic heterocycles. The predicted molar refractivity (Wildman–Crippen MR) is 79.5 cm³/mol. The Labute approximate surface area is 136 Å². The number of epoxide rings is 2. The average Bonchev–Trinajstić information content (AvgIpc) is 3.32. The van der Waals surface area contributed by atoms with Gasteiger partial charge in [0.05, 0.1) is 26.4 Å². The van der Waals surface area contributed by atoms with Gasteiger partial charge in [-0.2, -0.15) is 0 Å². The van der Waals surface area contributed by atoms with Gasteiger partial charge in [-0.3, -0.25) is 4.74 Å². The average molecular weight is 343 g/mol. The molecule has 4 atom stereocenters. The fraction of sp³-hybridized carbons (Fsp3) is 1.00. The van der Waals surface area contributed by atoms with Crippen LogP contribution in [0.3, 0.4) is 0 Å². The van der Waals surface area contributed by atoms with Crippen LogP contribution in [0.1, 0.15) is 39.5 Å². The van der Waals surface area contributed by atoms with Crippen LogP contribution >= 0.6 is 23.2 Å². The van der Waals surface area contributed by atoms with Crippen molar-refractivity contribution in [2.45, 2.75) is 62.2 Å². The molecule has 2 aliphatic rings. The minimum absolute atomic E-state index is 0.331. The Morgan fingerprint density at radius 2 is 1.29 bits per heavy atom. The van der Waals surface area contributed by atoms with Crippen molar-refractivity contribution in [3.8, 4) is 0 Å². The summed E-state index contributed by atoms with van der Waals surface area (Å²) in [4.78, 5) is 0. The maximum atomic E-state index is 6.45. The summed E-state index contributed by atoms with van der Waals surface area (Å²) < 4.78 is 27.6. The van der Waals surface area contributed by atoms with E-state index in [-0.39, 0.29) is 12.2 Å². The minimum Gasteiger partial charge on any atom is -0.366 e. The molecule has 21 heavy (non-hydrogen) atoms. The summed E-state index contributed by atoms with van der Waals surface area (Å²) in [5.74, 6) is 0. The Morgan fingerprint density at radius 3 is 1.57 bits per heavy atom. The van der Waals surface area contributed by atoms with E-state index in [9.17, 15) is 0 Å². The van der Waals surface area contributed by atoms with Gasteiger partial charge in [-0.25, -0.2) is 0 Å². The molecule has 2 aliphatic heterocycles. The molecule has 2 fully saturated rings. The van der Waals surface area contributed by atoms with Crippen molar-refractivity contribution < 1.29 is 23.7 Å². The van der Waals surface area contributed by atoms with E-state index in [2.05, 4.69) is 13.8 Å². The fourth-order valence-electron chi connectivity index (χ4n) is 1.77. The van der Waals surface area contributed by atoms with Crippen molar-refractivity contribution in [1.82, 2.24) is 0 Å². The van der Waals surface area contributed by atoms with Crippen LogP contribution in [0.15, 0.2) is 0 Å². The Bertz CT molecular complexity index is 294. The first kappa shape index (κ1) is 17.7. The monoisotopic (exact) mass is 342 g/mol. The first-order valence-corrected chi connectivity index (χ1v) is 8.38. The molecule has 7 heteroatoms. The Balaban J connectivity index is 1.94. The molecule has 0 amide bonds. The maximum Gasteiger partial charge on any atom is 0.281 e. The van der Waals surface area contributed by atoms with Gasteiger partial charge >= 0.3 is 0 Å². The van der Waals surface area contributed by atoms with Crippen LogP contribution in [0.2, 0.25) is 0 Å². The van der Waals surface area contributed by atoms with Gasteiger partial charge in [0.2, 0.25) is 0 Å². The van der Waals surface area contributed by atoms with Crippen molar-refractivity contribution in [3.05, 3.63) is 0 Å². The second-order valence-electron chi connectivity index (χ2n) is 5.31. The smallest absolute Gasteiger partial charge is 0.281 e. The highest BCUT2D eigenvalue weighted by molar-refractivity contribution is 6.25. The zero-order chi connectivity index (χ0) is 15.3. The highest BCUT2D eigenvalue weighted by Gasteiger charge is 2.58. The Morgan fingerprint density at radius 1 is 0.905 bits per heavy atom. The van der Waals surface area contributed by atoms with E-state index in [4.69, 9.17) is 46.9 Å². The zero-order valence-corrected chi connectivity index (χ0v) is 14.1. The largest absolute Gasteiger partial charge is 0.366 e. The number of unbranched alkanes of at least 4 members (excludes halogenated alkanes) is 2. The van der Waals surface area contributed by atoms with Crippen LogP contribution in [-0.2, 0) is 23.7 Å². The maximum absolute atomic E-state index is 6.45. The summed E-state index contributed by atoms with van der Waals surface area (Å²) >= 11 is 12.9. The van der Waals surface area contributed by atoms with Crippen LogP contribution in [0, 0.1) is 0 Å². The molecule has 0 bridgehead atoms. The molecule has 0 aliphatic carbocycles. The molecule has 5 nitrogen and oxygen atoms in total. The lowest BCUT2D eigenvalue weighted by atomic mass is 10.3. The molecule has 2 rings (SSSR count). The van der Waals surface area contributed by atoms with Crippen LogP contribution < -0.4 is 0 Å². The van der Waals surface area contributed by atoms with Crippen molar-refractivity contribution >= 4 is 23.2 Å². The number of alkyl halides is 2. The molecule has 124 valence electrons. The quantitative estimate of drug-likeness (QED) is 0.236. The molecule has 2 saturated heterocycles. The van der Waals surface area contributed by atoms with Gasteiger partial charge in [0.25, 0.3) is 10.5 Å². The highest BCUT2D eigenvalue weighted by Crippen LogP contribution is 2.43. The third-order valence-corrected chi connectivity index (χ3v) is 4.17. The molecule has 0 radical (unpaired) electrons. The van der Waals surface area contributed by atoms with Crippen LogP contribution in [0.4, 0.5) is 0 Å². The van der Waals surface area contributed by atoms with E-state index < -0.39 is 10.5 Å². The van der Waals surface area contributed by atoms with E-state index in [1.165, 1.54) is 0 Å². The molecule has 0 spiro atoms. The first-order chi connectivity index (χ1) is 10.0. The summed E-state index contributed by atoms with van der Waals surface area (Å²) in [7, 11) is 0. The molecule has 0 aromatic rings. The normalized spacial score (nSPS) is 29.7. The molecule has 4 unspecified atom stereocenters. The molecular weight excluding hydrogens is 319 g/mol. The SMILES string of the molecule is CCCCOC(Cl)(OC(Cl)(OCCCC)C1CO1)C1CO1. The number of halogens is 2. The third-order valence-electron chi connectivity index (χ3n) is 3.31. The summed E-state index contributed by atoms with van der Waals surface area (Å²) in [6.07, 6.45) is 3.12. The molecule has 0 saturated carbocycles. The predicted octanol–water partition coefficient (Wildman–Crippen LogP) is 3.22. The van der Waals surface area contributed by atoms with Gasteiger partial charge < -0.3 is 18.9 Å². The van der Waals surface area contributed by atoms with Crippen molar-refractivity contribution in [2.75, 3.05) is 26.4 Å². The van der Waals surface area contributed by atoms with E-state index >= 15 is 0 Å². The molecular formula is C14H24Cl2O5. The van der Waals surface area contributed by atoms with Crippen molar-refractivity contribution in [1.29, 1.82) is 0 Å². The van der Waals surface area contributed by atoms with Crippen LogP contribution in [-0.4, -0.2) is 49.1 Å². The van der Waals surface area contributed by atoms with E-state index in [1.807, 2.05) is 0 Å². The summed E-state index contributed by atoms with van der Waals surface area (Å²) in [6.45, 7) is 6.09. The standard InChI is InChI=1S/C14H24Cl2O5/c1-3-5-7-19-13(15,11-9-17-11)21-14(16,12-10-18-12)20-8-6-4-2/h11-12H,3-10H2,1-2H3. The molecule has 0 aromatic carbocycles. The zero-order valence-electron chi connectivity index (χ0n) is 12.6. The lowest BCUT2D eigenvalue weighted by Crippen LogP contribution is -2.48. The number of hydrogen-bond donors (Lipinski definition) is 0. The molecule has 0 N–H and O–H groups in total. The fourth-order valence-corrected chi connectivity index (χ4v) is 2.45. The van der Waals surface area contributed by atoms with Crippen LogP contribution in [0.25, 0.3) is 0 Å². The van der Waals surface area contributed by atoms with Gasteiger partial charge in [-0.15, -0.1) is 0 Å². The van der Waals surface area contributed by atoms with Gasteiger partial charge in [0.15, 0.2) is 12.2 Å². The highest BCUT2D eigenvalue weighted by atomic mass is 35.5. The van der Waals surface area contributed by atoms with E-state index in [1.54, 1.807) is 0 Å². The topological polar surface area (TPSA) is 52.8 Å². The second-order valence-corrected chi connectivity index (χ2v) is 6.37. The number of ether oxygens (including phenoxy) is 5. The second kappa shape index (κ2) is 7.77. The van der Waals surface area contributed by atoms with Crippen molar-refractivity contribution in [2.24, 2.45) is 0 Å². The van der Waals surface area contributed by atoms with Gasteiger partial charge in [-0.05, 0) is 12.8 Å². The summed E-state index contributed by atoms with van der Waals surface area (Å²) in [6, 6.07) is 0. The van der Waals surface area contributed by atoms with Gasteiger partial charge in [0.1, 0.15) is 0 Å². The van der Waals surface area contributed by atoms with E-state index in [0.29, 0.717) is 26.4 Å².